The predicted molar refractivity (Wildman–Crippen MR) is 143 cm³/mol. The van der Waals surface area contributed by atoms with Crippen molar-refractivity contribution in [1.29, 1.82) is 5.26 Å². The third-order valence-corrected chi connectivity index (χ3v) is 5.88. The van der Waals surface area contributed by atoms with Gasteiger partial charge in [0.2, 0.25) is 0 Å². The van der Waals surface area contributed by atoms with E-state index in [-0.39, 0.29) is 29.7 Å². The molecule has 3 aromatic heterocycles. The van der Waals surface area contributed by atoms with Gasteiger partial charge < -0.3 is 11.1 Å². The van der Waals surface area contributed by atoms with Gasteiger partial charge in [-0.1, -0.05) is 18.1 Å². The van der Waals surface area contributed by atoms with Crippen molar-refractivity contribution in [1.82, 2.24) is 29.5 Å². The fourth-order valence-electron chi connectivity index (χ4n) is 4.04. The van der Waals surface area contributed by atoms with Crippen molar-refractivity contribution < 1.29 is 4.39 Å². The largest absolute Gasteiger partial charge is 0.382 e. The van der Waals surface area contributed by atoms with Crippen molar-refractivity contribution in [2.45, 2.75) is 13.3 Å². The first-order valence-electron chi connectivity index (χ1n) is 11.8. The summed E-state index contributed by atoms with van der Waals surface area (Å²) >= 11 is 0. The minimum absolute atomic E-state index is 0.00973. The molecule has 0 saturated carbocycles. The fraction of sp³-hybridized carbons (Fsp3) is 0.107. The van der Waals surface area contributed by atoms with Crippen molar-refractivity contribution >= 4 is 22.5 Å². The number of halogens is 1. The van der Waals surface area contributed by atoms with E-state index in [2.05, 4.69) is 48.1 Å². The van der Waals surface area contributed by atoms with Crippen LogP contribution in [-0.2, 0) is 6.42 Å². The molecule has 0 atom stereocenters. The highest BCUT2D eigenvalue weighted by Crippen LogP contribution is 2.21. The number of nitrogens with one attached hydrogen (secondary N) is 1. The SMILES string of the molecule is Cc1ccc(F)c2nc(CCNc3ncnc(N)c3C#Cc3cnccn3)n(-c3cccc(C#N)c3)c(=O)c12. The first-order valence-corrected chi connectivity index (χ1v) is 11.8. The number of aromatic nitrogens is 6. The molecular formula is C28H20FN9O. The monoisotopic (exact) mass is 517 g/mol. The lowest BCUT2D eigenvalue weighted by Crippen LogP contribution is -2.26. The van der Waals surface area contributed by atoms with Crippen LogP contribution in [0, 0.1) is 35.9 Å². The van der Waals surface area contributed by atoms with Crippen LogP contribution in [0.3, 0.4) is 0 Å². The highest BCUT2D eigenvalue weighted by atomic mass is 19.1. The molecular weight excluding hydrogens is 497 g/mol. The third kappa shape index (κ3) is 5.10. The van der Waals surface area contributed by atoms with Crippen LogP contribution < -0.4 is 16.6 Å². The van der Waals surface area contributed by atoms with E-state index in [0.29, 0.717) is 39.7 Å². The highest BCUT2D eigenvalue weighted by molar-refractivity contribution is 5.82. The van der Waals surface area contributed by atoms with E-state index in [1.807, 2.05) is 0 Å². The van der Waals surface area contributed by atoms with E-state index >= 15 is 0 Å². The molecule has 39 heavy (non-hydrogen) atoms. The van der Waals surface area contributed by atoms with Gasteiger partial charge in [0.15, 0.2) is 0 Å². The minimum Gasteiger partial charge on any atom is -0.382 e. The first-order chi connectivity index (χ1) is 19.0. The summed E-state index contributed by atoms with van der Waals surface area (Å²) < 4.78 is 16.2. The molecule has 0 aliphatic heterocycles. The number of benzene rings is 2. The topological polar surface area (TPSA) is 148 Å². The number of nitrogen functional groups attached to an aromatic ring is 1. The summed E-state index contributed by atoms with van der Waals surface area (Å²) in [7, 11) is 0. The molecule has 10 nitrogen and oxygen atoms in total. The van der Waals surface area contributed by atoms with Crippen LogP contribution in [0.25, 0.3) is 16.6 Å². The number of rotatable bonds is 5. The second kappa shape index (κ2) is 10.7. The van der Waals surface area contributed by atoms with Crippen molar-refractivity contribution in [3.05, 3.63) is 106 Å². The van der Waals surface area contributed by atoms with Crippen molar-refractivity contribution in [3.63, 3.8) is 0 Å². The molecule has 190 valence electrons. The van der Waals surface area contributed by atoms with Crippen LogP contribution in [0.4, 0.5) is 16.0 Å². The maximum absolute atomic E-state index is 14.8. The Hall–Kier alpha value is -5.68. The number of fused-ring (bicyclic) bond motifs is 1. The second-order valence-corrected chi connectivity index (χ2v) is 8.42. The zero-order valence-corrected chi connectivity index (χ0v) is 20.7. The van der Waals surface area contributed by atoms with E-state index in [4.69, 9.17) is 5.73 Å². The number of anilines is 2. The van der Waals surface area contributed by atoms with Gasteiger partial charge in [0.05, 0.1) is 28.9 Å². The van der Waals surface area contributed by atoms with Crippen LogP contribution in [0.15, 0.2) is 66.1 Å². The van der Waals surface area contributed by atoms with Crippen LogP contribution in [0.2, 0.25) is 0 Å². The molecule has 0 saturated heterocycles. The lowest BCUT2D eigenvalue weighted by Gasteiger charge is -2.16. The molecule has 11 heteroatoms. The number of nitriles is 1. The first kappa shape index (κ1) is 25.0. The molecule has 0 aliphatic rings. The fourth-order valence-corrected chi connectivity index (χ4v) is 4.04. The smallest absolute Gasteiger partial charge is 0.266 e. The van der Waals surface area contributed by atoms with Gasteiger partial charge in [-0.3, -0.25) is 14.3 Å². The van der Waals surface area contributed by atoms with E-state index < -0.39 is 11.4 Å². The van der Waals surface area contributed by atoms with E-state index in [9.17, 15) is 14.4 Å². The summed E-state index contributed by atoms with van der Waals surface area (Å²) in [6, 6.07) is 11.5. The average molecular weight is 518 g/mol. The molecule has 0 aliphatic carbocycles. The molecule has 0 amide bonds. The van der Waals surface area contributed by atoms with Crippen LogP contribution in [-0.4, -0.2) is 36.0 Å². The normalized spacial score (nSPS) is 10.5. The van der Waals surface area contributed by atoms with Crippen molar-refractivity contribution in [2.24, 2.45) is 0 Å². The number of hydrogen-bond acceptors (Lipinski definition) is 9. The zero-order valence-electron chi connectivity index (χ0n) is 20.7. The number of aryl methyl sites for hydroxylation is 1. The Kier molecular flexibility index (Phi) is 6.88. The molecule has 0 unspecified atom stereocenters. The quantitative estimate of drug-likeness (QED) is 0.336. The van der Waals surface area contributed by atoms with Crippen LogP contribution in [0.1, 0.15) is 28.2 Å². The molecule has 0 spiro atoms. The van der Waals surface area contributed by atoms with E-state index in [1.165, 1.54) is 29.4 Å². The molecule has 5 aromatic rings. The lowest BCUT2D eigenvalue weighted by atomic mass is 10.1. The van der Waals surface area contributed by atoms with Gasteiger partial charge in [-0.2, -0.15) is 5.26 Å². The molecule has 5 rings (SSSR count). The molecule has 2 aromatic carbocycles. The molecule has 3 heterocycles. The number of hydrogen-bond donors (Lipinski definition) is 2. The average Bonchev–Trinajstić information content (AvgIpc) is 2.95. The molecule has 3 N–H and O–H groups in total. The van der Waals surface area contributed by atoms with Gasteiger partial charge in [-0.15, -0.1) is 0 Å². The van der Waals surface area contributed by atoms with E-state index in [1.54, 1.807) is 43.5 Å². The second-order valence-electron chi connectivity index (χ2n) is 8.42. The molecule has 0 bridgehead atoms. The zero-order chi connectivity index (χ0) is 27.4. The third-order valence-electron chi connectivity index (χ3n) is 5.88. The summed E-state index contributed by atoms with van der Waals surface area (Å²) in [6.07, 6.45) is 6.10. The van der Waals surface area contributed by atoms with Gasteiger partial charge in [-0.05, 0) is 42.7 Å². The Bertz CT molecular complexity index is 1870. The number of nitrogens with two attached hydrogens (primary N) is 1. The Morgan fingerprint density at radius 2 is 2.00 bits per heavy atom. The predicted octanol–water partition coefficient (Wildman–Crippen LogP) is 2.92. The van der Waals surface area contributed by atoms with E-state index in [0.717, 1.165) is 0 Å². The highest BCUT2D eigenvalue weighted by Gasteiger charge is 2.17. The Morgan fingerprint density at radius 3 is 2.79 bits per heavy atom. The van der Waals surface area contributed by atoms with Crippen molar-refractivity contribution in [2.75, 3.05) is 17.6 Å². The van der Waals surface area contributed by atoms with Gasteiger partial charge in [0.1, 0.15) is 46.4 Å². The summed E-state index contributed by atoms with van der Waals surface area (Å²) in [5, 5.41) is 12.7. The maximum Gasteiger partial charge on any atom is 0.266 e. The Labute approximate surface area is 222 Å². The van der Waals surface area contributed by atoms with Crippen LogP contribution >= 0.6 is 0 Å². The van der Waals surface area contributed by atoms with Crippen molar-refractivity contribution in [3.8, 4) is 23.6 Å². The van der Waals surface area contributed by atoms with Crippen LogP contribution in [0.5, 0.6) is 0 Å². The van der Waals surface area contributed by atoms with Gasteiger partial charge >= 0.3 is 0 Å². The molecule has 0 radical (unpaired) electrons. The summed E-state index contributed by atoms with van der Waals surface area (Å²) in [5.74, 6) is 6.07. The molecule has 0 fully saturated rings. The Balaban J connectivity index is 1.53. The maximum atomic E-state index is 14.8. The van der Waals surface area contributed by atoms with Gasteiger partial charge in [0.25, 0.3) is 5.56 Å². The summed E-state index contributed by atoms with van der Waals surface area (Å²) in [5.41, 5.74) is 7.87. The summed E-state index contributed by atoms with van der Waals surface area (Å²) in [6.45, 7) is 1.98. The summed E-state index contributed by atoms with van der Waals surface area (Å²) in [4.78, 5) is 34.6. The standard InChI is InChI=1S/C28H20FN9O/c1-17-5-8-22(29)25-24(17)28(39)38(20-4-2-3-18(13-20)14-30)23(37-25)9-10-34-27-21(26(31)35-16-36-27)7-6-19-15-32-11-12-33-19/h2-5,8,11-13,15-16H,9-10H2,1H3,(H3,31,34,35,36). The lowest BCUT2D eigenvalue weighted by molar-refractivity contribution is 0.633. The Morgan fingerprint density at radius 1 is 1.13 bits per heavy atom. The van der Waals surface area contributed by atoms with Gasteiger partial charge in [0, 0.05) is 25.4 Å². The number of nitrogens with zero attached hydrogens (tertiary/aromatic N) is 7. The van der Waals surface area contributed by atoms with Gasteiger partial charge in [-0.25, -0.2) is 24.3 Å². The minimum atomic E-state index is -0.593.